The molecule has 0 aliphatic heterocycles. The summed E-state index contributed by atoms with van der Waals surface area (Å²) in [4.78, 5) is 16.8. The van der Waals surface area contributed by atoms with Crippen LogP contribution in [0.1, 0.15) is 26.3 Å². The van der Waals surface area contributed by atoms with Gasteiger partial charge in [-0.25, -0.2) is 14.2 Å². The number of halogens is 2. The van der Waals surface area contributed by atoms with Crippen LogP contribution < -0.4 is 5.32 Å². The van der Waals surface area contributed by atoms with Gasteiger partial charge in [-0.05, 0) is 66.5 Å². The highest BCUT2D eigenvalue weighted by molar-refractivity contribution is 9.10. The molecule has 140 valence electrons. The molecule has 0 fully saturated rings. The van der Waals surface area contributed by atoms with Gasteiger partial charge in [-0.1, -0.05) is 24.3 Å². The molecule has 0 aliphatic carbocycles. The largest absolute Gasteiger partial charge is 0.444 e. The zero-order chi connectivity index (χ0) is 19.6. The summed E-state index contributed by atoms with van der Waals surface area (Å²) in [6.45, 7) is 5.63. The van der Waals surface area contributed by atoms with E-state index >= 15 is 0 Å². The van der Waals surface area contributed by atoms with Crippen LogP contribution in [0.3, 0.4) is 0 Å². The molecular weight excluding hydrogens is 411 g/mol. The maximum atomic E-state index is 13.8. The fourth-order valence-corrected chi connectivity index (χ4v) is 3.18. The number of hydrogen-bond donors (Lipinski definition) is 1. The molecule has 0 aliphatic rings. The number of pyridine rings is 1. The molecule has 2 aromatic carbocycles. The Morgan fingerprint density at radius 3 is 2.63 bits per heavy atom. The zero-order valence-electron chi connectivity index (χ0n) is 15.3. The van der Waals surface area contributed by atoms with Gasteiger partial charge >= 0.3 is 6.09 Å². The summed E-state index contributed by atoms with van der Waals surface area (Å²) in [5, 5.41) is 3.67. The van der Waals surface area contributed by atoms with Gasteiger partial charge < -0.3 is 10.1 Å². The van der Waals surface area contributed by atoms with Crippen molar-refractivity contribution in [3.05, 3.63) is 64.4 Å². The number of nitrogens with zero attached hydrogens (tertiary/aromatic N) is 1. The van der Waals surface area contributed by atoms with Gasteiger partial charge in [0, 0.05) is 22.0 Å². The van der Waals surface area contributed by atoms with E-state index < -0.39 is 11.7 Å². The Labute approximate surface area is 165 Å². The highest BCUT2D eigenvalue weighted by Gasteiger charge is 2.17. The number of benzene rings is 2. The Kier molecular flexibility index (Phi) is 5.46. The van der Waals surface area contributed by atoms with Gasteiger partial charge in [0.15, 0.2) is 0 Å². The van der Waals surface area contributed by atoms with Gasteiger partial charge in [0.2, 0.25) is 0 Å². The highest BCUT2D eigenvalue weighted by atomic mass is 79.9. The topological polar surface area (TPSA) is 51.2 Å². The summed E-state index contributed by atoms with van der Waals surface area (Å²) < 4.78 is 19.9. The van der Waals surface area contributed by atoms with Gasteiger partial charge in [0.25, 0.3) is 0 Å². The van der Waals surface area contributed by atoms with Crippen molar-refractivity contribution in [2.75, 3.05) is 0 Å². The standard InChI is InChI=1S/C21H20BrFN2O2/c1-21(2,3)27-20(26)24-12-15-10-13-7-5-9-17(22)19(13)25-18(15)14-6-4-8-16(23)11-14/h4-11H,12H2,1-3H3,(H,24,26). The first kappa shape index (κ1) is 19.3. The van der Waals surface area contributed by atoms with E-state index in [9.17, 15) is 9.18 Å². The Bertz CT molecular complexity index is 999. The summed E-state index contributed by atoms with van der Waals surface area (Å²) in [7, 11) is 0. The van der Waals surface area contributed by atoms with Gasteiger partial charge in [-0.2, -0.15) is 0 Å². The number of hydrogen-bond acceptors (Lipinski definition) is 3. The molecule has 1 N–H and O–H groups in total. The van der Waals surface area contributed by atoms with Crippen LogP contribution in [-0.4, -0.2) is 16.7 Å². The zero-order valence-corrected chi connectivity index (χ0v) is 16.9. The average Bonchev–Trinajstić information content (AvgIpc) is 2.58. The lowest BCUT2D eigenvalue weighted by Crippen LogP contribution is -2.32. The van der Waals surface area contributed by atoms with Crippen LogP contribution >= 0.6 is 15.9 Å². The lowest BCUT2D eigenvalue weighted by molar-refractivity contribution is 0.0523. The van der Waals surface area contributed by atoms with Crippen LogP contribution in [0.4, 0.5) is 9.18 Å². The molecule has 0 unspecified atom stereocenters. The van der Waals surface area contributed by atoms with Crippen molar-refractivity contribution in [3.8, 4) is 11.3 Å². The molecule has 0 saturated heterocycles. The number of nitrogens with one attached hydrogen (secondary N) is 1. The van der Waals surface area contributed by atoms with Crippen molar-refractivity contribution in [2.45, 2.75) is 32.9 Å². The second-order valence-corrected chi connectivity index (χ2v) is 8.03. The first-order valence-corrected chi connectivity index (χ1v) is 9.33. The van der Waals surface area contributed by atoms with Crippen molar-refractivity contribution in [1.29, 1.82) is 0 Å². The summed E-state index contributed by atoms with van der Waals surface area (Å²) >= 11 is 3.51. The van der Waals surface area contributed by atoms with Gasteiger partial charge in [0.1, 0.15) is 11.4 Å². The molecule has 4 nitrogen and oxygen atoms in total. The van der Waals surface area contributed by atoms with E-state index in [2.05, 4.69) is 21.2 Å². The van der Waals surface area contributed by atoms with Crippen molar-refractivity contribution < 1.29 is 13.9 Å². The van der Waals surface area contributed by atoms with Crippen LogP contribution in [0.2, 0.25) is 0 Å². The third-order valence-corrected chi connectivity index (χ3v) is 4.44. The van der Waals surface area contributed by atoms with E-state index in [1.165, 1.54) is 12.1 Å². The molecule has 0 saturated carbocycles. The van der Waals surface area contributed by atoms with Gasteiger partial charge in [0.05, 0.1) is 11.2 Å². The number of aromatic nitrogens is 1. The minimum Gasteiger partial charge on any atom is -0.444 e. The minimum atomic E-state index is -0.581. The Morgan fingerprint density at radius 1 is 1.19 bits per heavy atom. The second-order valence-electron chi connectivity index (χ2n) is 7.17. The van der Waals surface area contributed by atoms with E-state index in [-0.39, 0.29) is 12.4 Å². The average molecular weight is 431 g/mol. The lowest BCUT2D eigenvalue weighted by Gasteiger charge is -2.20. The fraction of sp³-hybridized carbons (Fsp3) is 0.238. The number of carbonyl (C=O) groups excluding carboxylic acids is 1. The number of para-hydroxylation sites is 1. The summed E-state index contributed by atoms with van der Waals surface area (Å²) in [6.07, 6.45) is -0.512. The maximum Gasteiger partial charge on any atom is 0.407 e. The van der Waals surface area contributed by atoms with Crippen molar-refractivity contribution in [1.82, 2.24) is 10.3 Å². The third kappa shape index (κ3) is 4.83. The normalized spacial score (nSPS) is 11.4. The van der Waals surface area contributed by atoms with Crippen LogP contribution in [0.25, 0.3) is 22.2 Å². The number of rotatable bonds is 3. The SMILES string of the molecule is CC(C)(C)OC(=O)NCc1cc2cccc(Br)c2nc1-c1cccc(F)c1. The third-order valence-electron chi connectivity index (χ3n) is 3.80. The molecule has 27 heavy (non-hydrogen) atoms. The number of amides is 1. The van der Waals surface area contributed by atoms with E-state index in [4.69, 9.17) is 9.72 Å². The predicted octanol–water partition coefficient (Wildman–Crippen LogP) is 5.83. The van der Waals surface area contributed by atoms with Crippen LogP contribution in [-0.2, 0) is 11.3 Å². The summed E-state index contributed by atoms with van der Waals surface area (Å²) in [6, 6.07) is 14.0. The molecule has 6 heteroatoms. The maximum absolute atomic E-state index is 13.8. The van der Waals surface area contributed by atoms with Crippen molar-refractivity contribution in [3.63, 3.8) is 0 Å². The summed E-state index contributed by atoms with van der Waals surface area (Å²) in [5.74, 6) is -0.340. The number of ether oxygens (including phenoxy) is 1. The van der Waals surface area contributed by atoms with E-state index in [0.717, 1.165) is 20.9 Å². The lowest BCUT2D eigenvalue weighted by atomic mass is 10.0. The Morgan fingerprint density at radius 2 is 1.93 bits per heavy atom. The van der Waals surface area contributed by atoms with Crippen LogP contribution in [0, 0.1) is 5.82 Å². The van der Waals surface area contributed by atoms with Crippen LogP contribution in [0.15, 0.2) is 53.0 Å². The summed E-state index contributed by atoms with van der Waals surface area (Å²) in [5.41, 5.74) is 2.23. The molecule has 0 radical (unpaired) electrons. The second kappa shape index (κ2) is 7.64. The molecular formula is C21H20BrFN2O2. The highest BCUT2D eigenvalue weighted by Crippen LogP contribution is 2.29. The van der Waals surface area contributed by atoms with E-state index in [1.807, 2.05) is 24.3 Å². The first-order valence-electron chi connectivity index (χ1n) is 8.54. The van der Waals surface area contributed by atoms with Gasteiger partial charge in [-0.15, -0.1) is 0 Å². The predicted molar refractivity (Wildman–Crippen MR) is 108 cm³/mol. The smallest absolute Gasteiger partial charge is 0.407 e. The number of alkyl carbamates (subject to hydrolysis) is 1. The quantitative estimate of drug-likeness (QED) is 0.568. The molecule has 1 aromatic heterocycles. The Balaban J connectivity index is 2.01. The van der Waals surface area contributed by atoms with Crippen molar-refractivity contribution in [2.24, 2.45) is 0 Å². The first-order chi connectivity index (χ1) is 12.7. The molecule has 3 rings (SSSR count). The fourth-order valence-electron chi connectivity index (χ4n) is 2.71. The van der Waals surface area contributed by atoms with Crippen LogP contribution in [0.5, 0.6) is 0 Å². The van der Waals surface area contributed by atoms with Crippen molar-refractivity contribution >= 4 is 32.9 Å². The molecule has 0 spiro atoms. The monoisotopic (exact) mass is 430 g/mol. The van der Waals surface area contributed by atoms with E-state index in [0.29, 0.717) is 11.3 Å². The molecule has 1 heterocycles. The number of carbonyl (C=O) groups is 1. The van der Waals surface area contributed by atoms with E-state index in [1.54, 1.807) is 32.9 Å². The number of fused-ring (bicyclic) bond motifs is 1. The molecule has 1 amide bonds. The Hall–Kier alpha value is -2.47. The molecule has 0 atom stereocenters. The van der Waals surface area contributed by atoms with Gasteiger partial charge in [-0.3, -0.25) is 0 Å². The molecule has 0 bridgehead atoms. The molecule has 3 aromatic rings. The minimum absolute atomic E-state index is 0.218.